The van der Waals surface area contributed by atoms with E-state index in [4.69, 9.17) is 15.7 Å². The van der Waals surface area contributed by atoms with Crippen molar-refractivity contribution in [2.45, 2.75) is 37.6 Å². The summed E-state index contributed by atoms with van der Waals surface area (Å²) in [5.41, 5.74) is 9.69. The molecule has 2 aromatic heterocycles. The topological polar surface area (TPSA) is 94.0 Å². The molecule has 2 unspecified atom stereocenters. The van der Waals surface area contributed by atoms with E-state index in [9.17, 15) is 0 Å². The summed E-state index contributed by atoms with van der Waals surface area (Å²) in [5.74, 6) is 1.69. The number of benzene rings is 1. The van der Waals surface area contributed by atoms with E-state index in [1.54, 1.807) is 0 Å². The molecule has 3 N–H and O–H groups in total. The van der Waals surface area contributed by atoms with Crippen molar-refractivity contribution in [1.82, 2.24) is 19.5 Å². The van der Waals surface area contributed by atoms with Crippen LogP contribution < -0.4 is 16.5 Å². The van der Waals surface area contributed by atoms with Crippen molar-refractivity contribution in [2.24, 2.45) is 4.99 Å². The summed E-state index contributed by atoms with van der Waals surface area (Å²) in [4.78, 5) is 18.4. The van der Waals surface area contributed by atoms with Gasteiger partial charge in [0.05, 0.1) is 12.2 Å². The zero-order valence-corrected chi connectivity index (χ0v) is 16.8. The molecule has 1 aliphatic carbocycles. The molecule has 0 bridgehead atoms. The highest BCUT2D eigenvalue weighted by molar-refractivity contribution is 5.61. The first-order chi connectivity index (χ1) is 14.8. The molecule has 0 spiro atoms. The normalized spacial score (nSPS) is 21.1. The van der Waals surface area contributed by atoms with Crippen LogP contribution >= 0.6 is 0 Å². The van der Waals surface area contributed by atoms with Gasteiger partial charge >= 0.3 is 0 Å². The van der Waals surface area contributed by atoms with Crippen molar-refractivity contribution in [3.05, 3.63) is 66.0 Å². The van der Waals surface area contributed by atoms with Crippen molar-refractivity contribution in [2.75, 3.05) is 17.6 Å². The number of nitrogens with one attached hydrogen (secondary N) is 1. The minimum Gasteiger partial charge on any atom is -0.368 e. The predicted octanol–water partition coefficient (Wildman–Crippen LogP) is 3.45. The van der Waals surface area contributed by atoms with E-state index >= 15 is 0 Å². The summed E-state index contributed by atoms with van der Waals surface area (Å²) < 4.78 is 2.12. The van der Waals surface area contributed by atoms with Crippen LogP contribution in [0, 0.1) is 0 Å². The molecule has 0 saturated heterocycles. The third-order valence-electron chi connectivity index (χ3n) is 5.83. The van der Waals surface area contributed by atoms with E-state index < -0.39 is 0 Å². The fourth-order valence-corrected chi connectivity index (χ4v) is 4.32. The average Bonchev–Trinajstić information content (AvgIpc) is 2.80. The van der Waals surface area contributed by atoms with Crippen LogP contribution in [0.5, 0.6) is 0 Å². The minimum absolute atomic E-state index is 0.222. The first kappa shape index (κ1) is 18.5. The van der Waals surface area contributed by atoms with Gasteiger partial charge in [0.25, 0.3) is 0 Å². The minimum atomic E-state index is 0.222. The van der Waals surface area contributed by atoms with E-state index in [1.165, 1.54) is 0 Å². The third kappa shape index (κ3) is 3.70. The predicted molar refractivity (Wildman–Crippen MR) is 118 cm³/mol. The van der Waals surface area contributed by atoms with Gasteiger partial charge in [-0.05, 0) is 36.8 Å². The first-order valence-corrected chi connectivity index (χ1v) is 10.5. The largest absolute Gasteiger partial charge is 0.368 e. The number of anilines is 2. The number of nitrogens with zero attached hydrogens (tertiary/aromatic N) is 5. The molecule has 30 heavy (non-hydrogen) atoms. The summed E-state index contributed by atoms with van der Waals surface area (Å²) in [7, 11) is 0. The number of nitrogen functional groups attached to an aromatic ring is 1. The van der Waals surface area contributed by atoms with Gasteiger partial charge in [-0.3, -0.25) is 9.56 Å². The highest BCUT2D eigenvalue weighted by atomic mass is 15.2. The molecule has 3 heterocycles. The lowest BCUT2D eigenvalue weighted by Crippen LogP contribution is -2.29. The van der Waals surface area contributed by atoms with Crippen LogP contribution in [0.2, 0.25) is 0 Å². The molecule has 1 aromatic carbocycles. The van der Waals surface area contributed by atoms with Crippen molar-refractivity contribution < 1.29 is 0 Å². The molecule has 0 radical (unpaired) electrons. The molecule has 2 aliphatic rings. The Hall–Kier alpha value is -3.48. The molecular formula is C23H25N7. The van der Waals surface area contributed by atoms with Crippen LogP contribution in [-0.2, 0) is 0 Å². The highest BCUT2D eigenvalue weighted by Crippen LogP contribution is 2.33. The second kappa shape index (κ2) is 8.10. The van der Waals surface area contributed by atoms with Crippen LogP contribution in [0.1, 0.15) is 37.2 Å². The number of hydrogen-bond acceptors (Lipinski definition) is 6. The number of aromatic nitrogens is 4. The number of fused-ring (bicyclic) bond motifs is 1. The van der Waals surface area contributed by atoms with E-state index in [0.717, 1.165) is 60.4 Å². The fourth-order valence-electron chi connectivity index (χ4n) is 4.32. The molecule has 5 rings (SSSR count). The van der Waals surface area contributed by atoms with Crippen molar-refractivity contribution >= 4 is 18.0 Å². The summed E-state index contributed by atoms with van der Waals surface area (Å²) in [5, 5.41) is 3.38. The molecule has 1 fully saturated rings. The Labute approximate surface area is 175 Å². The van der Waals surface area contributed by atoms with E-state index in [1.807, 2.05) is 36.8 Å². The maximum absolute atomic E-state index is 5.66. The van der Waals surface area contributed by atoms with Crippen molar-refractivity contribution in [3.8, 4) is 11.3 Å². The lowest BCUT2D eigenvalue weighted by Gasteiger charge is -2.27. The van der Waals surface area contributed by atoms with Crippen molar-refractivity contribution in [3.63, 3.8) is 0 Å². The smallest absolute Gasteiger partial charge is 0.219 e. The van der Waals surface area contributed by atoms with Crippen LogP contribution in [0.15, 0.2) is 60.0 Å². The van der Waals surface area contributed by atoms with E-state index in [0.29, 0.717) is 11.9 Å². The lowest BCUT2D eigenvalue weighted by atomic mass is 9.82. The Morgan fingerprint density at radius 2 is 1.87 bits per heavy atom. The van der Waals surface area contributed by atoms with Crippen LogP contribution in [0.3, 0.4) is 0 Å². The van der Waals surface area contributed by atoms with Gasteiger partial charge in [-0.15, -0.1) is 0 Å². The molecular weight excluding hydrogens is 374 g/mol. The van der Waals surface area contributed by atoms with Gasteiger partial charge < -0.3 is 11.1 Å². The zero-order valence-electron chi connectivity index (χ0n) is 16.8. The Kier molecular flexibility index (Phi) is 5.01. The summed E-state index contributed by atoms with van der Waals surface area (Å²) in [6, 6.07) is 10.5. The standard InChI is InChI=1S/C23H25N7/c24-23-27-13-18(14-28-23)17-8-4-9-19(12-17)29-22-21(16-6-2-1-3-7-16)26-15-20-25-10-5-11-30(20)22/h1-3,5-7,11,13-15,17,19,25H,4,8-10,12H2,(H2,24,27,28). The highest BCUT2D eigenvalue weighted by Gasteiger charge is 2.24. The third-order valence-corrected chi connectivity index (χ3v) is 5.83. The molecule has 7 heteroatoms. The van der Waals surface area contributed by atoms with Gasteiger partial charge in [-0.25, -0.2) is 15.0 Å². The molecule has 3 aromatic rings. The molecule has 1 aliphatic heterocycles. The van der Waals surface area contributed by atoms with Gasteiger partial charge in [0, 0.05) is 30.7 Å². The van der Waals surface area contributed by atoms with E-state index in [2.05, 4.69) is 44.3 Å². The van der Waals surface area contributed by atoms with Crippen LogP contribution in [0.4, 0.5) is 11.8 Å². The van der Waals surface area contributed by atoms with Crippen LogP contribution in [-0.4, -0.2) is 32.1 Å². The van der Waals surface area contributed by atoms with E-state index in [-0.39, 0.29) is 6.04 Å². The molecule has 0 amide bonds. The number of rotatable bonds is 3. The van der Waals surface area contributed by atoms with Gasteiger partial charge in [0.2, 0.25) is 5.95 Å². The summed E-state index contributed by atoms with van der Waals surface area (Å²) >= 11 is 0. The quantitative estimate of drug-likeness (QED) is 0.704. The Balaban J connectivity index is 1.55. The van der Waals surface area contributed by atoms with Gasteiger partial charge in [-0.1, -0.05) is 36.8 Å². The lowest BCUT2D eigenvalue weighted by molar-refractivity contribution is 0.387. The molecule has 2 atom stereocenters. The average molecular weight is 400 g/mol. The Bertz CT molecular complexity index is 1120. The van der Waals surface area contributed by atoms with Gasteiger partial charge in [-0.2, -0.15) is 0 Å². The Morgan fingerprint density at radius 3 is 2.70 bits per heavy atom. The molecule has 7 nitrogen and oxygen atoms in total. The Morgan fingerprint density at radius 1 is 1.03 bits per heavy atom. The maximum atomic E-state index is 5.66. The number of nitrogens with two attached hydrogens (primary N) is 1. The summed E-state index contributed by atoms with van der Waals surface area (Å²) in [6.45, 7) is 0.800. The number of hydrogen-bond donors (Lipinski definition) is 2. The summed E-state index contributed by atoms with van der Waals surface area (Å²) in [6.07, 6.45) is 14.1. The second-order valence-electron chi connectivity index (χ2n) is 7.84. The SMILES string of the molecule is Nc1ncc(C2CCCC(N=c3c(-c4ccccc4)ncc4n3C=CCN4)C2)cn1. The maximum Gasteiger partial charge on any atom is 0.219 e. The van der Waals surface area contributed by atoms with Gasteiger partial charge in [0.1, 0.15) is 11.5 Å². The fraction of sp³-hybridized carbons (Fsp3) is 0.304. The molecule has 1 saturated carbocycles. The first-order valence-electron chi connectivity index (χ1n) is 10.5. The zero-order chi connectivity index (χ0) is 20.3. The monoisotopic (exact) mass is 399 g/mol. The van der Waals surface area contributed by atoms with Crippen molar-refractivity contribution in [1.29, 1.82) is 0 Å². The second-order valence-corrected chi connectivity index (χ2v) is 7.84. The van der Waals surface area contributed by atoms with Crippen LogP contribution in [0.25, 0.3) is 17.5 Å². The molecule has 152 valence electrons. The van der Waals surface area contributed by atoms with Gasteiger partial charge in [0.15, 0.2) is 5.49 Å².